The Balaban J connectivity index is 1.91. The van der Waals surface area contributed by atoms with Gasteiger partial charge < -0.3 is 20.1 Å². The fraction of sp³-hybridized carbons (Fsp3) is 0.370. The van der Waals surface area contributed by atoms with Gasteiger partial charge in [0, 0.05) is 23.4 Å². The van der Waals surface area contributed by atoms with E-state index in [-0.39, 0.29) is 30.6 Å². The molecule has 1 radical (unpaired) electrons. The summed E-state index contributed by atoms with van der Waals surface area (Å²) in [6.07, 6.45) is -0.340. The molecule has 3 N–H and O–H groups in total. The van der Waals surface area contributed by atoms with Crippen LogP contribution in [0.5, 0.6) is 0 Å². The predicted molar refractivity (Wildman–Crippen MR) is 131 cm³/mol. The normalized spacial score (nSPS) is 13.1. The summed E-state index contributed by atoms with van der Waals surface area (Å²) in [6, 6.07) is 15.1. The molecule has 0 spiro atoms. The van der Waals surface area contributed by atoms with Gasteiger partial charge in [0.1, 0.15) is 11.6 Å². The Kier molecular flexibility index (Phi) is 8.96. The second-order valence-corrected chi connectivity index (χ2v) is 8.75. The summed E-state index contributed by atoms with van der Waals surface area (Å²) in [6.45, 7) is 8.48. The van der Waals surface area contributed by atoms with Crippen molar-refractivity contribution in [2.75, 3.05) is 0 Å². The predicted octanol–water partition coefficient (Wildman–Crippen LogP) is 4.47. The zero-order valence-corrected chi connectivity index (χ0v) is 19.7. The number of nitrogens with one attached hydrogen (secondary N) is 1. The summed E-state index contributed by atoms with van der Waals surface area (Å²) in [5, 5.41) is 23.2. The molecule has 0 fully saturated rings. The molecule has 3 aromatic rings. The molecule has 1 amide bonds. The molecule has 1 aromatic heterocycles. The van der Waals surface area contributed by atoms with Gasteiger partial charge in [0.05, 0.1) is 24.4 Å². The standard InChI is InChI=1S/C27H33FN3O3/c1-4-22(32)16-23(33)14-15-31-25(18(2)3)24(17-29-27(34)20-8-6-5-7-9-20)30-26(31)19-10-12-21(28)13-11-19/h5-13,18,22-23,32-33H,1,4,14-17H2,2-3H3,(H,29,34). The van der Waals surface area contributed by atoms with Crippen molar-refractivity contribution < 1.29 is 19.4 Å². The average Bonchev–Trinajstić information content (AvgIpc) is 3.20. The van der Waals surface area contributed by atoms with E-state index in [1.54, 1.807) is 24.3 Å². The molecule has 34 heavy (non-hydrogen) atoms. The van der Waals surface area contributed by atoms with Crippen molar-refractivity contribution in [1.29, 1.82) is 0 Å². The van der Waals surface area contributed by atoms with Crippen LogP contribution in [0, 0.1) is 12.7 Å². The molecule has 2 atom stereocenters. The van der Waals surface area contributed by atoms with Gasteiger partial charge in [-0.1, -0.05) is 39.0 Å². The van der Waals surface area contributed by atoms with Crippen LogP contribution >= 0.6 is 0 Å². The van der Waals surface area contributed by atoms with Gasteiger partial charge >= 0.3 is 0 Å². The summed E-state index contributed by atoms with van der Waals surface area (Å²) in [5.74, 6) is 0.218. The molecular weight excluding hydrogens is 433 g/mol. The van der Waals surface area contributed by atoms with Crippen molar-refractivity contribution in [3.8, 4) is 11.4 Å². The summed E-state index contributed by atoms with van der Waals surface area (Å²) >= 11 is 0. The third kappa shape index (κ3) is 6.52. The van der Waals surface area contributed by atoms with E-state index < -0.39 is 12.2 Å². The van der Waals surface area contributed by atoms with Crippen molar-refractivity contribution in [3.63, 3.8) is 0 Å². The number of imidazole rings is 1. The monoisotopic (exact) mass is 466 g/mol. The van der Waals surface area contributed by atoms with E-state index in [1.165, 1.54) is 12.1 Å². The minimum Gasteiger partial charge on any atom is -0.393 e. The van der Waals surface area contributed by atoms with Gasteiger partial charge in [-0.25, -0.2) is 9.37 Å². The molecule has 0 aliphatic rings. The maximum absolute atomic E-state index is 13.6. The number of nitrogens with zero attached hydrogens (tertiary/aromatic N) is 2. The maximum atomic E-state index is 13.6. The average molecular weight is 467 g/mol. The number of carbonyl (C=O) groups is 1. The van der Waals surface area contributed by atoms with Crippen molar-refractivity contribution in [3.05, 3.63) is 84.3 Å². The van der Waals surface area contributed by atoms with E-state index in [9.17, 15) is 19.4 Å². The molecule has 7 heteroatoms. The molecule has 0 saturated carbocycles. The van der Waals surface area contributed by atoms with Crippen LogP contribution in [-0.2, 0) is 13.1 Å². The van der Waals surface area contributed by atoms with E-state index in [0.717, 1.165) is 17.0 Å². The molecule has 2 unspecified atom stereocenters. The first-order valence-electron chi connectivity index (χ1n) is 11.6. The van der Waals surface area contributed by atoms with Crippen LogP contribution in [0.1, 0.15) is 60.8 Å². The fourth-order valence-electron chi connectivity index (χ4n) is 4.02. The first-order chi connectivity index (χ1) is 16.3. The van der Waals surface area contributed by atoms with Crippen LogP contribution in [0.4, 0.5) is 4.39 Å². The molecule has 0 bridgehead atoms. The largest absolute Gasteiger partial charge is 0.393 e. The zero-order chi connectivity index (χ0) is 24.7. The number of amides is 1. The van der Waals surface area contributed by atoms with E-state index in [0.29, 0.717) is 30.8 Å². The third-order valence-corrected chi connectivity index (χ3v) is 5.75. The van der Waals surface area contributed by atoms with Crippen molar-refractivity contribution in [2.24, 2.45) is 0 Å². The van der Waals surface area contributed by atoms with Gasteiger partial charge in [-0.2, -0.15) is 0 Å². The maximum Gasteiger partial charge on any atom is 0.251 e. The van der Waals surface area contributed by atoms with Crippen molar-refractivity contribution >= 4 is 5.91 Å². The number of aromatic nitrogens is 2. The van der Waals surface area contributed by atoms with Gasteiger partial charge in [0.2, 0.25) is 0 Å². The quantitative estimate of drug-likeness (QED) is 0.389. The Morgan fingerprint density at radius 3 is 2.38 bits per heavy atom. The van der Waals surface area contributed by atoms with Gasteiger partial charge in [-0.15, -0.1) is 0 Å². The lowest BCUT2D eigenvalue weighted by Crippen LogP contribution is -2.24. The number of carbonyl (C=O) groups excluding carboxylic acids is 1. The van der Waals surface area contributed by atoms with Crippen LogP contribution in [0.25, 0.3) is 11.4 Å². The van der Waals surface area contributed by atoms with E-state index in [1.807, 2.05) is 36.6 Å². The Morgan fingerprint density at radius 2 is 1.76 bits per heavy atom. The van der Waals surface area contributed by atoms with Crippen molar-refractivity contribution in [2.45, 2.75) is 64.3 Å². The van der Waals surface area contributed by atoms with Crippen molar-refractivity contribution in [1.82, 2.24) is 14.9 Å². The third-order valence-electron chi connectivity index (χ3n) is 5.75. The molecule has 3 rings (SSSR count). The van der Waals surface area contributed by atoms with E-state index in [4.69, 9.17) is 4.98 Å². The molecular formula is C27H33FN3O3. The summed E-state index contributed by atoms with van der Waals surface area (Å²) < 4.78 is 15.6. The SMILES string of the molecule is [CH2]CC(O)CC(O)CCn1c(-c2ccc(F)cc2)nc(CNC(=O)c2ccccc2)c1C(C)C. The Hall–Kier alpha value is -3.03. The lowest BCUT2D eigenvalue weighted by Gasteiger charge is -2.19. The zero-order valence-electron chi connectivity index (χ0n) is 19.7. The lowest BCUT2D eigenvalue weighted by molar-refractivity contribution is 0.0742. The summed E-state index contributed by atoms with van der Waals surface area (Å²) in [5.41, 5.74) is 2.98. The van der Waals surface area contributed by atoms with Crippen LogP contribution in [-0.4, -0.2) is 37.9 Å². The Bertz CT molecular complexity index is 1060. The van der Waals surface area contributed by atoms with E-state index in [2.05, 4.69) is 12.2 Å². The number of hydrogen-bond donors (Lipinski definition) is 3. The lowest BCUT2D eigenvalue weighted by atomic mass is 10.1. The molecule has 181 valence electrons. The highest BCUT2D eigenvalue weighted by Gasteiger charge is 2.22. The first kappa shape index (κ1) is 25.6. The number of halogens is 1. The summed E-state index contributed by atoms with van der Waals surface area (Å²) in [7, 11) is 0. The topological polar surface area (TPSA) is 87.4 Å². The Morgan fingerprint density at radius 1 is 1.09 bits per heavy atom. The molecule has 1 heterocycles. The fourth-order valence-corrected chi connectivity index (χ4v) is 4.02. The molecule has 6 nitrogen and oxygen atoms in total. The number of rotatable bonds is 11. The Labute approximate surface area is 200 Å². The summed E-state index contributed by atoms with van der Waals surface area (Å²) in [4.78, 5) is 17.4. The second kappa shape index (κ2) is 11.9. The smallest absolute Gasteiger partial charge is 0.251 e. The van der Waals surface area contributed by atoms with Crippen LogP contribution < -0.4 is 5.32 Å². The first-order valence-corrected chi connectivity index (χ1v) is 11.6. The molecule has 0 aliphatic heterocycles. The van der Waals surface area contributed by atoms with Gasteiger partial charge in [-0.3, -0.25) is 4.79 Å². The second-order valence-electron chi connectivity index (χ2n) is 8.75. The number of aliphatic hydroxyl groups excluding tert-OH is 2. The molecule has 2 aromatic carbocycles. The van der Waals surface area contributed by atoms with E-state index >= 15 is 0 Å². The minimum atomic E-state index is -0.693. The highest BCUT2D eigenvalue weighted by molar-refractivity contribution is 5.94. The number of hydrogen-bond acceptors (Lipinski definition) is 4. The molecule has 0 aliphatic carbocycles. The van der Waals surface area contributed by atoms with Gasteiger partial charge in [-0.05, 0) is 61.6 Å². The van der Waals surface area contributed by atoms with Crippen LogP contribution in [0.15, 0.2) is 54.6 Å². The number of benzene rings is 2. The van der Waals surface area contributed by atoms with Gasteiger partial charge in [0.25, 0.3) is 5.91 Å². The minimum absolute atomic E-state index is 0.0906. The number of aliphatic hydroxyl groups is 2. The van der Waals surface area contributed by atoms with Crippen LogP contribution in [0.3, 0.4) is 0 Å². The highest BCUT2D eigenvalue weighted by Crippen LogP contribution is 2.29. The van der Waals surface area contributed by atoms with Crippen LogP contribution in [0.2, 0.25) is 0 Å². The molecule has 0 saturated heterocycles. The van der Waals surface area contributed by atoms with Gasteiger partial charge in [0.15, 0.2) is 0 Å². The highest BCUT2D eigenvalue weighted by atomic mass is 19.1.